The van der Waals surface area contributed by atoms with E-state index in [0.717, 1.165) is 90.4 Å². The summed E-state index contributed by atoms with van der Waals surface area (Å²) in [5.41, 5.74) is 12.8. The molecule has 8 N–H and O–H groups in total. The van der Waals surface area contributed by atoms with Crippen LogP contribution in [0.4, 0.5) is 39.8 Å². The largest absolute Gasteiger partial charge is 0.375 e. The lowest BCUT2D eigenvalue weighted by molar-refractivity contribution is -0.0673. The maximum atomic E-state index is 14.5. The van der Waals surface area contributed by atoms with Crippen LogP contribution in [0, 0.1) is 26.6 Å². The van der Waals surface area contributed by atoms with Crippen molar-refractivity contribution in [3.8, 4) is 50.4 Å². The summed E-state index contributed by atoms with van der Waals surface area (Å²) in [6.07, 6.45) is 28.7. The second kappa shape index (κ2) is 27.8. The van der Waals surface area contributed by atoms with Crippen molar-refractivity contribution >= 4 is 46.8 Å². The Morgan fingerprint density at radius 3 is 1.36 bits per heavy atom. The number of alkyl halides is 2. The van der Waals surface area contributed by atoms with E-state index in [2.05, 4.69) is 72.8 Å². The summed E-state index contributed by atoms with van der Waals surface area (Å²) < 4.78 is 48.4. The Labute approximate surface area is 546 Å². The van der Waals surface area contributed by atoms with Crippen molar-refractivity contribution in [2.45, 2.75) is 115 Å². The Bertz CT molecular complexity index is 4340. The fourth-order valence-electron chi connectivity index (χ4n) is 10.7. The van der Waals surface area contributed by atoms with Crippen LogP contribution in [0.25, 0.3) is 50.4 Å². The molecule has 0 unspecified atom stereocenters. The average molecular weight is 1290 g/mol. The zero-order chi connectivity index (χ0) is 66.5. The molecule has 1 saturated heterocycles. The highest BCUT2D eigenvalue weighted by atomic mass is 19.3. The van der Waals surface area contributed by atoms with Crippen molar-refractivity contribution in [1.29, 1.82) is 0 Å². The van der Waals surface area contributed by atoms with Crippen LogP contribution < -0.4 is 42.5 Å². The molecule has 7 heterocycles. The third kappa shape index (κ3) is 16.5. The Morgan fingerprint density at radius 2 is 0.905 bits per heavy atom. The summed E-state index contributed by atoms with van der Waals surface area (Å²) in [6, 6.07) is 19.2. The first-order valence-corrected chi connectivity index (χ1v) is 31.6. The van der Waals surface area contributed by atoms with E-state index in [4.69, 9.17) is 0 Å². The molecule has 3 aromatic carbocycles. The molecule has 5 aliphatic rings. The number of halogens is 3. The molecule has 0 spiro atoms. The SMILES string of the molecule is CNC(=O)Nc1cncc(-n2cc(-c3cc(C(=O)NC4CC4)ccc3C)cn2)c1.Cc1cc(F)c(C(=O)NC2CC2)cc1-c1cnn(-c2cncc(N[C@@H]3CCN(C)CC3(F)F)c2)c1.Cc1ccc(C(=O)NC2CC2)cc1-c1cnn(-c2cncc(NC(=O)NC3CC3)c2)c1. The number of hydrogen-bond acceptors (Lipinski definition) is 13. The predicted molar refractivity (Wildman–Crippen MR) is 354 cm³/mol. The second-order valence-corrected chi connectivity index (χ2v) is 24.8. The quantitative estimate of drug-likeness (QED) is 0.0422. The molecule has 14 rings (SSSR count). The molecule has 9 aromatic rings. The number of likely N-dealkylation sites (tertiary alicyclic amines) is 1. The van der Waals surface area contributed by atoms with Crippen molar-refractivity contribution in [2.75, 3.05) is 43.1 Å². The number of rotatable bonds is 17. The number of urea groups is 2. The van der Waals surface area contributed by atoms with Gasteiger partial charge in [0.2, 0.25) is 0 Å². The van der Waals surface area contributed by atoms with Gasteiger partial charge in [0, 0.05) is 84.2 Å². The van der Waals surface area contributed by atoms with E-state index < -0.39 is 23.7 Å². The highest BCUT2D eigenvalue weighted by molar-refractivity contribution is 5.98. The van der Waals surface area contributed by atoms with Crippen LogP contribution in [0.5, 0.6) is 0 Å². The normalized spacial score (nSPS) is 16.4. The van der Waals surface area contributed by atoms with Crippen molar-refractivity contribution in [1.82, 2.24) is 75.8 Å². The summed E-state index contributed by atoms with van der Waals surface area (Å²) in [5, 5.41) is 36.0. The predicted octanol–water partition coefficient (Wildman–Crippen LogP) is 10.3. The molecule has 95 heavy (non-hydrogen) atoms. The molecule has 1 atom stereocenters. The smallest absolute Gasteiger partial charge is 0.319 e. The number of aromatic nitrogens is 9. The van der Waals surface area contributed by atoms with Gasteiger partial charge in [-0.25, -0.2) is 36.8 Å². The average Bonchev–Trinajstić information content (AvgIpc) is 1.80. The van der Waals surface area contributed by atoms with Gasteiger partial charge in [0.05, 0.1) is 108 Å². The van der Waals surface area contributed by atoms with Crippen molar-refractivity contribution < 1.29 is 37.1 Å². The van der Waals surface area contributed by atoms with Crippen molar-refractivity contribution in [3.05, 3.63) is 180 Å². The van der Waals surface area contributed by atoms with Gasteiger partial charge in [-0.15, -0.1) is 0 Å². The standard InChI is InChI=1S/C25H27F3N6O.C23H24N6O2.C21H22N6O2/c1-15-7-22(26)21(24(35)32-17-3-4-17)9-20(15)16-10-30-34(13-16)19-8-18(11-29-12-19)31-23-5-6-33(2)14-25(23,27)28;1-14-2-3-15(22(30)26-17-4-5-17)8-21(14)16-10-25-29(13-16)20-9-19(11-24-12-20)28-23(31)27-18-6-7-18;1-13-3-4-14(20(28)25-16-5-6-16)7-19(13)15-9-24-27(12-15)18-8-17(10-23-11-18)26-21(29)22-2/h7-13,17,23,31H,3-6,14H2,1-2H3,(H,32,35);2-3,8-13,17-18H,4-7H2,1H3,(H,26,30)(H2,27,28,31);3-4,7-12,16H,5-6H2,1-2H3,(H,25,28)(H2,22,26,29)/t23-;;/m1../s1. The maximum Gasteiger partial charge on any atom is 0.319 e. The summed E-state index contributed by atoms with van der Waals surface area (Å²) in [5.74, 6) is -3.93. The van der Waals surface area contributed by atoms with Crippen molar-refractivity contribution in [2.24, 2.45) is 0 Å². The van der Waals surface area contributed by atoms with Gasteiger partial charge in [0.15, 0.2) is 0 Å². The van der Waals surface area contributed by atoms with Crippen LogP contribution in [0.3, 0.4) is 0 Å². The summed E-state index contributed by atoms with van der Waals surface area (Å²) in [7, 11) is 3.24. The third-order valence-corrected chi connectivity index (χ3v) is 16.7. The number of piperidine rings is 1. The molecule has 0 bridgehead atoms. The van der Waals surface area contributed by atoms with Gasteiger partial charge in [-0.1, -0.05) is 12.1 Å². The number of benzene rings is 3. The Morgan fingerprint density at radius 1 is 0.484 bits per heavy atom. The summed E-state index contributed by atoms with van der Waals surface area (Å²) in [4.78, 5) is 75.0. The third-order valence-electron chi connectivity index (χ3n) is 16.7. The molecule has 4 aliphatic carbocycles. The van der Waals surface area contributed by atoms with Crippen LogP contribution in [0.15, 0.2) is 141 Å². The topological polar surface area (TPSA) is 277 Å². The summed E-state index contributed by atoms with van der Waals surface area (Å²) in [6.45, 7) is 6.08. The molecular weight excluding hydrogens is 1220 g/mol. The lowest BCUT2D eigenvalue weighted by atomic mass is 9.99. The monoisotopic (exact) mass is 1290 g/mol. The fourth-order valence-corrected chi connectivity index (χ4v) is 10.7. The zero-order valence-electron chi connectivity index (χ0n) is 53.1. The highest BCUT2D eigenvalue weighted by Crippen LogP contribution is 2.33. The van der Waals surface area contributed by atoms with Crippen LogP contribution in [-0.2, 0) is 0 Å². The molecule has 1 aliphatic heterocycles. The molecule has 5 fully saturated rings. The molecule has 0 radical (unpaired) electrons. The fraction of sp³-hybridized carbons (Fsp3) is 0.319. The molecule has 7 amide bonds. The first-order valence-electron chi connectivity index (χ1n) is 31.6. The van der Waals surface area contributed by atoms with Crippen molar-refractivity contribution in [3.63, 3.8) is 0 Å². The minimum absolute atomic E-state index is 0.00262. The lowest BCUT2D eigenvalue weighted by Crippen LogP contribution is -2.53. The molecule has 26 heteroatoms. The first-order chi connectivity index (χ1) is 45.8. The number of nitrogens with one attached hydrogen (secondary N) is 8. The van der Waals surface area contributed by atoms with Crippen LogP contribution >= 0.6 is 0 Å². The molecule has 4 saturated carbocycles. The van der Waals surface area contributed by atoms with Gasteiger partial charge in [-0.3, -0.25) is 29.3 Å². The highest BCUT2D eigenvalue weighted by Gasteiger charge is 2.44. The first kappa shape index (κ1) is 64.3. The van der Waals surface area contributed by atoms with E-state index >= 15 is 0 Å². The molecular formula is C69H73F3N18O5. The van der Waals surface area contributed by atoms with E-state index in [1.807, 2.05) is 68.7 Å². The van der Waals surface area contributed by atoms with E-state index in [-0.39, 0.29) is 48.1 Å². The minimum atomic E-state index is -2.86. The molecule has 490 valence electrons. The summed E-state index contributed by atoms with van der Waals surface area (Å²) >= 11 is 0. The van der Waals surface area contributed by atoms with Gasteiger partial charge in [-0.2, -0.15) is 15.3 Å². The lowest BCUT2D eigenvalue weighted by Gasteiger charge is -2.37. The molecule has 23 nitrogen and oxygen atoms in total. The number of hydrogen-bond donors (Lipinski definition) is 8. The zero-order valence-corrected chi connectivity index (χ0v) is 53.1. The van der Waals surface area contributed by atoms with Gasteiger partial charge < -0.3 is 47.4 Å². The van der Waals surface area contributed by atoms with Crippen LogP contribution in [0.2, 0.25) is 0 Å². The Kier molecular flexibility index (Phi) is 18.8. The van der Waals surface area contributed by atoms with Crippen LogP contribution in [-0.4, -0.2) is 142 Å². The maximum absolute atomic E-state index is 14.5. The van der Waals surface area contributed by atoms with Gasteiger partial charge in [-0.05, 0) is 174 Å². The number of amides is 7. The van der Waals surface area contributed by atoms with Gasteiger partial charge in [0.25, 0.3) is 23.6 Å². The van der Waals surface area contributed by atoms with E-state index in [1.165, 1.54) is 12.3 Å². The minimum Gasteiger partial charge on any atom is -0.375 e. The van der Waals surface area contributed by atoms with Gasteiger partial charge >= 0.3 is 12.1 Å². The van der Waals surface area contributed by atoms with E-state index in [9.17, 15) is 37.1 Å². The van der Waals surface area contributed by atoms with Gasteiger partial charge in [0.1, 0.15) is 5.82 Å². The number of pyridine rings is 3. The Hall–Kier alpha value is -10.8. The van der Waals surface area contributed by atoms with E-state index in [1.54, 1.807) is 114 Å². The number of anilines is 3. The Balaban J connectivity index is 0.000000137. The number of carbonyl (C=O) groups is 5. The van der Waals surface area contributed by atoms with Crippen LogP contribution in [0.1, 0.15) is 106 Å². The number of aryl methyl sites for hydroxylation is 3. The second-order valence-electron chi connectivity index (χ2n) is 24.8. The number of carbonyl (C=O) groups excluding carboxylic acids is 5. The molecule has 6 aromatic heterocycles. The van der Waals surface area contributed by atoms with E-state index in [0.29, 0.717) is 81.3 Å². The number of nitrogens with zero attached hydrogens (tertiary/aromatic N) is 10.